The summed E-state index contributed by atoms with van der Waals surface area (Å²) >= 11 is 0. The molecule has 0 aromatic heterocycles. The van der Waals surface area contributed by atoms with Crippen molar-refractivity contribution in [3.05, 3.63) is 83.9 Å². The van der Waals surface area contributed by atoms with E-state index in [9.17, 15) is 9.59 Å². The molecule has 5 heteroatoms. The van der Waals surface area contributed by atoms with Gasteiger partial charge in [0.15, 0.2) is 0 Å². The summed E-state index contributed by atoms with van der Waals surface area (Å²) in [6.45, 7) is 4.44. The van der Waals surface area contributed by atoms with E-state index in [1.807, 2.05) is 77.7 Å². The summed E-state index contributed by atoms with van der Waals surface area (Å²) in [5.74, 6) is -0.0402. The molecule has 0 atom stereocenters. The van der Waals surface area contributed by atoms with Crippen LogP contribution in [0, 0.1) is 0 Å². The Morgan fingerprint density at radius 2 is 1.34 bits per heavy atom. The minimum Gasteiger partial charge on any atom is -0.351 e. The third-order valence-corrected chi connectivity index (χ3v) is 4.86. The summed E-state index contributed by atoms with van der Waals surface area (Å²) < 4.78 is 0. The van der Waals surface area contributed by atoms with Crippen molar-refractivity contribution in [1.29, 1.82) is 0 Å². The highest BCUT2D eigenvalue weighted by molar-refractivity contribution is 5.92. The number of amides is 2. The second-order valence-corrected chi connectivity index (χ2v) is 6.95. The molecule has 0 bridgehead atoms. The van der Waals surface area contributed by atoms with Crippen LogP contribution >= 0.6 is 0 Å². The van der Waals surface area contributed by atoms with Gasteiger partial charge in [0.2, 0.25) is 11.8 Å². The topological polar surface area (TPSA) is 52.7 Å². The van der Waals surface area contributed by atoms with Crippen molar-refractivity contribution < 1.29 is 9.59 Å². The third-order valence-electron chi connectivity index (χ3n) is 4.86. The standard InChI is InChI=1S/C24H27N3O2/c28-23(13-11-21-7-3-1-4-8-21)25-15-16-26-17-19-27(20-18-26)24(29)14-12-22-9-5-2-6-10-22/h1-14H,15-20H2,(H,25,28). The van der Waals surface area contributed by atoms with Crippen LogP contribution in [0.15, 0.2) is 72.8 Å². The number of carbonyl (C=O) groups is 2. The average molecular weight is 389 g/mol. The summed E-state index contributed by atoms with van der Waals surface area (Å²) in [6.07, 6.45) is 6.87. The number of carbonyl (C=O) groups excluding carboxylic acids is 2. The number of rotatable bonds is 7. The van der Waals surface area contributed by atoms with Gasteiger partial charge in [-0.15, -0.1) is 0 Å². The summed E-state index contributed by atoms with van der Waals surface area (Å²) in [5.41, 5.74) is 2.03. The number of nitrogens with one attached hydrogen (secondary N) is 1. The van der Waals surface area contributed by atoms with Gasteiger partial charge in [0.1, 0.15) is 0 Å². The molecule has 1 heterocycles. The molecule has 0 spiro atoms. The van der Waals surface area contributed by atoms with E-state index in [0.717, 1.165) is 30.8 Å². The van der Waals surface area contributed by atoms with Crippen LogP contribution < -0.4 is 5.32 Å². The fraction of sp³-hybridized carbons (Fsp3) is 0.250. The average Bonchev–Trinajstić information content (AvgIpc) is 2.78. The largest absolute Gasteiger partial charge is 0.351 e. The number of nitrogens with zero attached hydrogens (tertiary/aromatic N) is 2. The van der Waals surface area contributed by atoms with Crippen LogP contribution in [-0.2, 0) is 9.59 Å². The van der Waals surface area contributed by atoms with E-state index in [4.69, 9.17) is 0 Å². The Bertz CT molecular complexity index is 836. The SMILES string of the molecule is O=C(C=Cc1ccccc1)NCCN1CCN(C(=O)C=Cc2ccccc2)CC1. The molecule has 29 heavy (non-hydrogen) atoms. The smallest absolute Gasteiger partial charge is 0.246 e. The fourth-order valence-corrected chi connectivity index (χ4v) is 3.16. The molecule has 1 fully saturated rings. The predicted octanol–water partition coefficient (Wildman–Crippen LogP) is 2.67. The molecule has 1 saturated heterocycles. The van der Waals surface area contributed by atoms with Gasteiger partial charge in [0.05, 0.1) is 0 Å². The van der Waals surface area contributed by atoms with Crippen molar-refractivity contribution >= 4 is 24.0 Å². The molecule has 0 radical (unpaired) electrons. The van der Waals surface area contributed by atoms with Gasteiger partial charge in [-0.25, -0.2) is 0 Å². The first-order valence-electron chi connectivity index (χ1n) is 9.96. The molecule has 1 aliphatic rings. The van der Waals surface area contributed by atoms with E-state index in [1.54, 1.807) is 12.2 Å². The van der Waals surface area contributed by atoms with Gasteiger partial charge in [-0.05, 0) is 23.3 Å². The van der Waals surface area contributed by atoms with E-state index in [-0.39, 0.29) is 11.8 Å². The predicted molar refractivity (Wildman–Crippen MR) is 117 cm³/mol. The van der Waals surface area contributed by atoms with Gasteiger partial charge >= 0.3 is 0 Å². The number of piperazine rings is 1. The fourth-order valence-electron chi connectivity index (χ4n) is 3.16. The Balaban J connectivity index is 1.33. The molecule has 2 amide bonds. The van der Waals surface area contributed by atoms with Crippen molar-refractivity contribution in [2.24, 2.45) is 0 Å². The maximum Gasteiger partial charge on any atom is 0.246 e. The van der Waals surface area contributed by atoms with Gasteiger partial charge < -0.3 is 10.2 Å². The lowest BCUT2D eigenvalue weighted by molar-refractivity contribution is -0.127. The highest BCUT2D eigenvalue weighted by Gasteiger charge is 2.19. The van der Waals surface area contributed by atoms with Gasteiger partial charge in [-0.3, -0.25) is 14.5 Å². The molecule has 2 aromatic carbocycles. The van der Waals surface area contributed by atoms with Crippen molar-refractivity contribution in [2.75, 3.05) is 39.3 Å². The minimum atomic E-state index is -0.0892. The molecule has 0 unspecified atom stereocenters. The zero-order valence-electron chi connectivity index (χ0n) is 16.5. The first-order valence-corrected chi connectivity index (χ1v) is 9.96. The van der Waals surface area contributed by atoms with Crippen LogP contribution in [0.2, 0.25) is 0 Å². The summed E-state index contributed by atoms with van der Waals surface area (Å²) in [4.78, 5) is 28.4. The Labute approximate surface area is 172 Å². The van der Waals surface area contributed by atoms with Gasteiger partial charge in [-0.1, -0.05) is 60.7 Å². The molecule has 3 rings (SSSR count). The number of hydrogen-bond acceptors (Lipinski definition) is 3. The maximum atomic E-state index is 12.3. The second-order valence-electron chi connectivity index (χ2n) is 6.95. The van der Waals surface area contributed by atoms with Crippen molar-refractivity contribution in [1.82, 2.24) is 15.1 Å². The number of benzene rings is 2. The summed E-state index contributed by atoms with van der Waals surface area (Å²) in [7, 11) is 0. The number of hydrogen-bond donors (Lipinski definition) is 1. The molecule has 2 aromatic rings. The Kier molecular flexibility index (Phi) is 7.78. The minimum absolute atomic E-state index is 0.0489. The van der Waals surface area contributed by atoms with E-state index in [1.165, 1.54) is 0 Å². The first kappa shape index (κ1) is 20.6. The van der Waals surface area contributed by atoms with Gasteiger partial charge in [0, 0.05) is 51.4 Å². The molecule has 0 aliphatic carbocycles. The molecular formula is C24H27N3O2. The zero-order chi connectivity index (χ0) is 20.3. The van der Waals surface area contributed by atoms with Gasteiger partial charge in [-0.2, -0.15) is 0 Å². The Morgan fingerprint density at radius 1 is 0.793 bits per heavy atom. The quantitative estimate of drug-likeness (QED) is 0.741. The Hall–Kier alpha value is -3.18. The van der Waals surface area contributed by atoms with Crippen LogP contribution in [0.5, 0.6) is 0 Å². The van der Waals surface area contributed by atoms with Crippen LogP contribution in [0.1, 0.15) is 11.1 Å². The van der Waals surface area contributed by atoms with Crippen LogP contribution in [0.25, 0.3) is 12.2 Å². The van der Waals surface area contributed by atoms with Crippen molar-refractivity contribution in [3.63, 3.8) is 0 Å². The van der Waals surface area contributed by atoms with Crippen LogP contribution in [0.4, 0.5) is 0 Å². The molecular weight excluding hydrogens is 362 g/mol. The van der Waals surface area contributed by atoms with Crippen molar-refractivity contribution in [2.45, 2.75) is 0 Å². The lowest BCUT2D eigenvalue weighted by atomic mass is 10.2. The molecule has 150 valence electrons. The van der Waals surface area contributed by atoms with E-state index in [0.29, 0.717) is 19.6 Å². The van der Waals surface area contributed by atoms with Crippen LogP contribution in [-0.4, -0.2) is 60.9 Å². The van der Waals surface area contributed by atoms with E-state index >= 15 is 0 Å². The highest BCUT2D eigenvalue weighted by Crippen LogP contribution is 2.05. The van der Waals surface area contributed by atoms with Crippen molar-refractivity contribution in [3.8, 4) is 0 Å². The monoisotopic (exact) mass is 389 g/mol. The maximum absolute atomic E-state index is 12.3. The summed E-state index contributed by atoms with van der Waals surface area (Å²) in [6, 6.07) is 19.6. The Morgan fingerprint density at radius 3 is 1.93 bits per heavy atom. The summed E-state index contributed by atoms with van der Waals surface area (Å²) in [5, 5.41) is 2.91. The molecule has 1 aliphatic heterocycles. The van der Waals surface area contributed by atoms with E-state index < -0.39 is 0 Å². The molecule has 0 saturated carbocycles. The lowest BCUT2D eigenvalue weighted by Gasteiger charge is -2.34. The zero-order valence-corrected chi connectivity index (χ0v) is 16.5. The van der Waals surface area contributed by atoms with Crippen LogP contribution in [0.3, 0.4) is 0 Å². The highest BCUT2D eigenvalue weighted by atomic mass is 16.2. The molecule has 5 nitrogen and oxygen atoms in total. The van der Waals surface area contributed by atoms with E-state index in [2.05, 4.69) is 10.2 Å². The third kappa shape index (κ3) is 7.05. The first-order chi connectivity index (χ1) is 14.2. The normalized spacial score (nSPS) is 15.1. The second kappa shape index (κ2) is 11.0. The molecule has 1 N–H and O–H groups in total. The van der Waals surface area contributed by atoms with Gasteiger partial charge in [0.25, 0.3) is 0 Å². The lowest BCUT2D eigenvalue weighted by Crippen LogP contribution is -2.49.